The second kappa shape index (κ2) is 4.12. The number of hydrogen-bond donors (Lipinski definition) is 1. The fourth-order valence-corrected chi connectivity index (χ4v) is 1.75. The maximum atomic E-state index is 13.5. The summed E-state index contributed by atoms with van der Waals surface area (Å²) in [5, 5.41) is 2.39. The Labute approximate surface area is 96.2 Å². The molecule has 17 heavy (non-hydrogen) atoms. The molecule has 1 heterocycles. The number of carbonyl (C=O) groups is 2. The van der Waals surface area contributed by atoms with E-state index in [9.17, 15) is 18.4 Å². The van der Waals surface area contributed by atoms with Crippen LogP contribution in [-0.2, 0) is 9.59 Å². The molecule has 0 radical (unpaired) electrons. The first kappa shape index (κ1) is 11.5. The highest BCUT2D eigenvalue weighted by Gasteiger charge is 2.33. The van der Waals surface area contributed by atoms with Crippen molar-refractivity contribution in [2.24, 2.45) is 0 Å². The first-order valence-corrected chi connectivity index (χ1v) is 5.05. The van der Waals surface area contributed by atoms with E-state index in [1.165, 1.54) is 6.92 Å². The Morgan fingerprint density at radius 3 is 2.71 bits per heavy atom. The maximum absolute atomic E-state index is 13.5. The number of nitrogens with one attached hydrogen (secondary N) is 1. The summed E-state index contributed by atoms with van der Waals surface area (Å²) in [5.41, 5.74) is -0.0845. The molecule has 1 aromatic rings. The lowest BCUT2D eigenvalue weighted by Crippen LogP contribution is -2.57. The SMILES string of the molecule is CC1C(=O)NCC(=O)N1c1ccc(F)cc1F. The number of halogens is 2. The molecule has 1 N–H and O–H groups in total. The van der Waals surface area contributed by atoms with Gasteiger partial charge in [-0.3, -0.25) is 14.5 Å². The fraction of sp³-hybridized carbons (Fsp3) is 0.273. The van der Waals surface area contributed by atoms with Gasteiger partial charge in [0.2, 0.25) is 11.8 Å². The van der Waals surface area contributed by atoms with E-state index in [0.29, 0.717) is 6.07 Å². The molecule has 1 saturated heterocycles. The zero-order valence-corrected chi connectivity index (χ0v) is 9.04. The lowest BCUT2D eigenvalue weighted by Gasteiger charge is -2.32. The van der Waals surface area contributed by atoms with Gasteiger partial charge >= 0.3 is 0 Å². The van der Waals surface area contributed by atoms with Crippen molar-refractivity contribution in [1.82, 2.24) is 5.32 Å². The van der Waals surface area contributed by atoms with E-state index < -0.39 is 23.6 Å². The van der Waals surface area contributed by atoms with E-state index in [1.54, 1.807) is 0 Å². The molecule has 1 unspecified atom stereocenters. The van der Waals surface area contributed by atoms with Crippen LogP contribution in [0.3, 0.4) is 0 Å². The molecule has 1 aliphatic heterocycles. The van der Waals surface area contributed by atoms with Gasteiger partial charge in [0.25, 0.3) is 0 Å². The van der Waals surface area contributed by atoms with Crippen LogP contribution < -0.4 is 10.2 Å². The van der Waals surface area contributed by atoms with Gasteiger partial charge in [-0.05, 0) is 19.1 Å². The predicted molar refractivity (Wildman–Crippen MR) is 56.3 cm³/mol. The minimum Gasteiger partial charge on any atom is -0.345 e. The summed E-state index contributed by atoms with van der Waals surface area (Å²) >= 11 is 0. The zero-order chi connectivity index (χ0) is 12.6. The van der Waals surface area contributed by atoms with Crippen LogP contribution in [0.1, 0.15) is 6.92 Å². The molecule has 0 bridgehead atoms. The summed E-state index contributed by atoms with van der Waals surface area (Å²) in [6, 6.07) is 2.07. The Bertz CT molecular complexity index is 490. The second-order valence-electron chi connectivity index (χ2n) is 3.75. The molecular formula is C11H10F2N2O2. The molecule has 0 aliphatic carbocycles. The Morgan fingerprint density at radius 2 is 2.06 bits per heavy atom. The van der Waals surface area contributed by atoms with Gasteiger partial charge in [-0.25, -0.2) is 8.78 Å². The van der Waals surface area contributed by atoms with Crippen LogP contribution in [0.25, 0.3) is 0 Å². The number of piperazine rings is 1. The third-order valence-electron chi connectivity index (χ3n) is 2.62. The van der Waals surface area contributed by atoms with Gasteiger partial charge in [-0.2, -0.15) is 0 Å². The molecule has 6 heteroatoms. The number of benzene rings is 1. The molecule has 1 aliphatic rings. The number of nitrogens with zero attached hydrogens (tertiary/aromatic N) is 1. The Morgan fingerprint density at radius 1 is 1.35 bits per heavy atom. The van der Waals surface area contributed by atoms with Crippen molar-refractivity contribution in [1.29, 1.82) is 0 Å². The van der Waals surface area contributed by atoms with Gasteiger partial charge in [-0.1, -0.05) is 0 Å². The van der Waals surface area contributed by atoms with E-state index in [1.807, 2.05) is 0 Å². The molecule has 0 spiro atoms. The monoisotopic (exact) mass is 240 g/mol. The molecule has 90 valence electrons. The van der Waals surface area contributed by atoms with Crippen molar-refractivity contribution in [3.05, 3.63) is 29.8 Å². The fourth-order valence-electron chi connectivity index (χ4n) is 1.75. The number of hydrogen-bond acceptors (Lipinski definition) is 2. The van der Waals surface area contributed by atoms with Crippen LogP contribution in [0.2, 0.25) is 0 Å². The topological polar surface area (TPSA) is 49.4 Å². The first-order chi connectivity index (χ1) is 8.00. The number of amides is 2. The minimum absolute atomic E-state index is 0.0845. The van der Waals surface area contributed by atoms with Crippen molar-refractivity contribution in [3.8, 4) is 0 Å². The van der Waals surface area contributed by atoms with Crippen molar-refractivity contribution in [3.63, 3.8) is 0 Å². The Kier molecular flexibility index (Phi) is 2.79. The number of carbonyl (C=O) groups excluding carboxylic acids is 2. The van der Waals surface area contributed by atoms with E-state index in [4.69, 9.17) is 0 Å². The first-order valence-electron chi connectivity index (χ1n) is 5.05. The summed E-state index contributed by atoms with van der Waals surface area (Å²) in [6.45, 7) is 1.30. The summed E-state index contributed by atoms with van der Waals surface area (Å²) in [7, 11) is 0. The van der Waals surface area contributed by atoms with Gasteiger partial charge in [0, 0.05) is 6.07 Å². The zero-order valence-electron chi connectivity index (χ0n) is 9.04. The molecule has 0 aromatic heterocycles. The summed E-state index contributed by atoms with van der Waals surface area (Å²) in [6.07, 6.45) is 0. The van der Waals surface area contributed by atoms with Gasteiger partial charge in [0.15, 0.2) is 0 Å². The Balaban J connectivity index is 2.43. The van der Waals surface area contributed by atoms with Crippen LogP contribution in [0, 0.1) is 11.6 Å². The summed E-state index contributed by atoms with van der Waals surface area (Å²) < 4.78 is 26.3. The number of anilines is 1. The highest BCUT2D eigenvalue weighted by atomic mass is 19.1. The predicted octanol–water partition coefficient (Wildman–Crippen LogP) is 0.816. The van der Waals surface area contributed by atoms with Crippen molar-refractivity contribution in [2.75, 3.05) is 11.4 Å². The largest absolute Gasteiger partial charge is 0.345 e. The van der Waals surface area contributed by atoms with Crippen LogP contribution in [0.15, 0.2) is 18.2 Å². The molecule has 1 fully saturated rings. The van der Waals surface area contributed by atoms with Crippen molar-refractivity contribution < 1.29 is 18.4 Å². The van der Waals surface area contributed by atoms with Crippen LogP contribution in [-0.4, -0.2) is 24.4 Å². The normalized spacial score (nSPS) is 20.4. The highest BCUT2D eigenvalue weighted by Crippen LogP contribution is 2.23. The Hall–Kier alpha value is -1.98. The number of rotatable bonds is 1. The van der Waals surface area contributed by atoms with E-state index in [0.717, 1.165) is 17.0 Å². The lowest BCUT2D eigenvalue weighted by molar-refractivity contribution is -0.130. The van der Waals surface area contributed by atoms with E-state index in [2.05, 4.69) is 5.32 Å². The molecule has 2 rings (SSSR count). The average Bonchev–Trinajstić information content (AvgIpc) is 2.27. The summed E-state index contributed by atoms with van der Waals surface area (Å²) in [4.78, 5) is 24.1. The van der Waals surface area contributed by atoms with Gasteiger partial charge < -0.3 is 5.32 Å². The smallest absolute Gasteiger partial charge is 0.247 e. The van der Waals surface area contributed by atoms with Crippen LogP contribution in [0.4, 0.5) is 14.5 Å². The lowest BCUT2D eigenvalue weighted by atomic mass is 10.1. The highest BCUT2D eigenvalue weighted by molar-refractivity contribution is 6.06. The van der Waals surface area contributed by atoms with E-state index in [-0.39, 0.29) is 18.1 Å². The molecule has 4 nitrogen and oxygen atoms in total. The van der Waals surface area contributed by atoms with Crippen molar-refractivity contribution in [2.45, 2.75) is 13.0 Å². The third-order valence-corrected chi connectivity index (χ3v) is 2.62. The van der Waals surface area contributed by atoms with Gasteiger partial charge in [-0.15, -0.1) is 0 Å². The van der Waals surface area contributed by atoms with Gasteiger partial charge in [0.1, 0.15) is 17.7 Å². The molecule has 0 saturated carbocycles. The average molecular weight is 240 g/mol. The maximum Gasteiger partial charge on any atom is 0.247 e. The van der Waals surface area contributed by atoms with Gasteiger partial charge in [0.05, 0.1) is 12.2 Å². The minimum atomic E-state index is -0.861. The quantitative estimate of drug-likeness (QED) is 0.790. The van der Waals surface area contributed by atoms with E-state index >= 15 is 0 Å². The second-order valence-corrected chi connectivity index (χ2v) is 3.75. The van der Waals surface area contributed by atoms with Crippen LogP contribution in [0.5, 0.6) is 0 Å². The molecular weight excluding hydrogens is 230 g/mol. The van der Waals surface area contributed by atoms with Crippen LogP contribution >= 0.6 is 0 Å². The molecule has 1 atom stereocenters. The third kappa shape index (κ3) is 1.98. The summed E-state index contributed by atoms with van der Waals surface area (Å²) in [5.74, 6) is -2.39. The van der Waals surface area contributed by atoms with Crippen molar-refractivity contribution >= 4 is 17.5 Å². The standard InChI is InChI=1S/C11H10F2N2O2/c1-6-11(17)14-5-10(16)15(6)9-3-2-7(12)4-8(9)13/h2-4,6H,5H2,1H3,(H,14,17). The molecule has 1 aromatic carbocycles. The molecule has 2 amide bonds.